The van der Waals surface area contributed by atoms with Gasteiger partial charge in [0.1, 0.15) is 11.6 Å². The first kappa shape index (κ1) is 24.8. The second-order valence-electron chi connectivity index (χ2n) is 8.82. The van der Waals surface area contributed by atoms with Crippen molar-refractivity contribution in [3.8, 4) is 34.3 Å². The Hall–Kier alpha value is -4.85. The van der Waals surface area contributed by atoms with Crippen LogP contribution in [0.15, 0.2) is 121 Å². The molecule has 5 rings (SSSR count). The summed E-state index contributed by atoms with van der Waals surface area (Å²) < 4.78 is 2.14. The van der Waals surface area contributed by atoms with Gasteiger partial charge >= 0.3 is 0 Å². The highest BCUT2D eigenvalue weighted by atomic mass is 35.5. The highest BCUT2D eigenvalue weighted by Crippen LogP contribution is 2.37. The lowest BCUT2D eigenvalue weighted by molar-refractivity contribution is -0.112. The highest BCUT2D eigenvalue weighted by Gasteiger charge is 2.20. The van der Waals surface area contributed by atoms with E-state index in [-0.39, 0.29) is 5.57 Å². The molecule has 38 heavy (non-hydrogen) atoms. The first-order chi connectivity index (χ1) is 18.5. The third kappa shape index (κ3) is 5.15. The van der Waals surface area contributed by atoms with Gasteiger partial charge in [0.2, 0.25) is 0 Å². The summed E-state index contributed by atoms with van der Waals surface area (Å²) in [5, 5.41) is 13.5. The van der Waals surface area contributed by atoms with Crippen LogP contribution in [0.3, 0.4) is 0 Å². The number of nitrogens with one attached hydrogen (secondary N) is 1. The maximum atomic E-state index is 13.2. The van der Waals surface area contributed by atoms with Gasteiger partial charge in [-0.15, -0.1) is 0 Å². The zero-order valence-corrected chi connectivity index (χ0v) is 21.5. The van der Waals surface area contributed by atoms with Gasteiger partial charge in [-0.3, -0.25) is 4.79 Å². The number of aryl methyl sites for hydroxylation is 1. The normalized spacial score (nSPS) is 11.1. The van der Waals surface area contributed by atoms with Crippen molar-refractivity contribution in [3.05, 3.63) is 137 Å². The molecule has 1 amide bonds. The van der Waals surface area contributed by atoms with E-state index in [1.165, 1.54) is 0 Å². The zero-order chi connectivity index (χ0) is 26.5. The van der Waals surface area contributed by atoms with E-state index in [2.05, 4.69) is 16.0 Å². The maximum absolute atomic E-state index is 13.2. The fraction of sp³-hybridized carbons (Fsp3) is 0.0303. The van der Waals surface area contributed by atoms with Crippen LogP contribution in [0.2, 0.25) is 5.02 Å². The van der Waals surface area contributed by atoms with Crippen LogP contribution in [0.1, 0.15) is 11.1 Å². The number of benzene rings is 4. The number of halogens is 1. The standard InChI is InChI=1S/C33H24ClN3O/c1-23-10-8-9-15-30(23)36-33(38)27(22-35)20-26-21-31(24-11-4-2-5-12-24)37(29-18-16-28(34)17-19-29)32(26)25-13-6-3-7-14-25/h2-21H,1H3,(H,36,38)/b27-20+. The molecule has 4 nitrogen and oxygen atoms in total. The lowest BCUT2D eigenvalue weighted by Crippen LogP contribution is -2.14. The van der Waals surface area contributed by atoms with Crippen molar-refractivity contribution in [2.24, 2.45) is 0 Å². The fourth-order valence-electron chi connectivity index (χ4n) is 4.42. The molecule has 1 N–H and O–H groups in total. The van der Waals surface area contributed by atoms with E-state index in [9.17, 15) is 10.1 Å². The van der Waals surface area contributed by atoms with Gasteiger partial charge in [-0.1, -0.05) is 90.5 Å². The van der Waals surface area contributed by atoms with Crippen molar-refractivity contribution in [2.45, 2.75) is 6.92 Å². The SMILES string of the molecule is Cc1ccccc1NC(=O)/C(C#N)=C/c1cc(-c2ccccc2)n(-c2ccc(Cl)cc2)c1-c1ccccc1. The summed E-state index contributed by atoms with van der Waals surface area (Å²) in [6, 6.07) is 39.2. The van der Waals surface area contributed by atoms with Crippen molar-refractivity contribution < 1.29 is 4.79 Å². The minimum atomic E-state index is -0.457. The fourth-order valence-corrected chi connectivity index (χ4v) is 4.54. The molecule has 1 heterocycles. The van der Waals surface area contributed by atoms with Crippen LogP contribution in [-0.2, 0) is 4.79 Å². The van der Waals surface area contributed by atoms with E-state index in [0.29, 0.717) is 10.7 Å². The molecular weight excluding hydrogens is 490 g/mol. The van der Waals surface area contributed by atoms with E-state index in [1.807, 2.05) is 122 Å². The van der Waals surface area contributed by atoms with Crippen molar-refractivity contribution in [1.82, 2.24) is 4.57 Å². The Morgan fingerprint density at radius 2 is 1.45 bits per heavy atom. The van der Waals surface area contributed by atoms with Crippen molar-refractivity contribution >= 4 is 29.3 Å². The van der Waals surface area contributed by atoms with Crippen molar-refractivity contribution in [2.75, 3.05) is 5.32 Å². The second kappa shape index (κ2) is 11.0. The monoisotopic (exact) mass is 513 g/mol. The van der Waals surface area contributed by atoms with E-state index in [0.717, 1.165) is 39.3 Å². The molecule has 184 valence electrons. The Morgan fingerprint density at radius 1 is 0.842 bits per heavy atom. The van der Waals surface area contributed by atoms with Crippen LogP contribution >= 0.6 is 11.6 Å². The summed E-state index contributed by atoms with van der Waals surface area (Å²) in [7, 11) is 0. The van der Waals surface area contributed by atoms with Gasteiger partial charge in [-0.05, 0) is 66.1 Å². The lowest BCUT2D eigenvalue weighted by Gasteiger charge is -2.15. The molecule has 0 fully saturated rings. The molecule has 0 aliphatic rings. The Kier molecular flexibility index (Phi) is 7.21. The van der Waals surface area contributed by atoms with Gasteiger partial charge in [-0.2, -0.15) is 5.26 Å². The smallest absolute Gasteiger partial charge is 0.266 e. The average molecular weight is 514 g/mol. The number of amides is 1. The zero-order valence-electron chi connectivity index (χ0n) is 20.7. The second-order valence-corrected chi connectivity index (χ2v) is 9.25. The number of carbonyl (C=O) groups is 1. The van der Waals surface area contributed by atoms with Gasteiger partial charge < -0.3 is 9.88 Å². The average Bonchev–Trinajstić information content (AvgIpc) is 3.33. The molecule has 0 bridgehead atoms. The molecule has 0 saturated carbocycles. The van der Waals surface area contributed by atoms with Crippen LogP contribution in [0.25, 0.3) is 34.3 Å². The molecule has 4 aromatic carbocycles. The molecule has 0 unspecified atom stereocenters. The largest absolute Gasteiger partial charge is 0.321 e. The maximum Gasteiger partial charge on any atom is 0.266 e. The summed E-state index contributed by atoms with van der Waals surface area (Å²) in [5.74, 6) is -0.457. The molecule has 0 spiro atoms. The minimum absolute atomic E-state index is 0.0123. The van der Waals surface area contributed by atoms with Crippen LogP contribution in [0, 0.1) is 18.3 Å². The van der Waals surface area contributed by atoms with E-state index in [4.69, 9.17) is 11.6 Å². The summed E-state index contributed by atoms with van der Waals surface area (Å²) in [6.07, 6.45) is 1.66. The minimum Gasteiger partial charge on any atom is -0.321 e. The number of hydrogen-bond acceptors (Lipinski definition) is 2. The van der Waals surface area contributed by atoms with Gasteiger partial charge in [0.25, 0.3) is 5.91 Å². The number of nitrogens with zero attached hydrogens (tertiary/aromatic N) is 2. The molecule has 5 aromatic rings. The number of rotatable bonds is 6. The summed E-state index contributed by atoms with van der Waals surface area (Å²) in [4.78, 5) is 13.2. The number of para-hydroxylation sites is 1. The molecular formula is C33H24ClN3O. The molecule has 5 heteroatoms. The topological polar surface area (TPSA) is 57.8 Å². The summed E-state index contributed by atoms with van der Waals surface area (Å²) in [5.41, 5.74) is 7.01. The summed E-state index contributed by atoms with van der Waals surface area (Å²) >= 11 is 6.22. The molecule has 0 atom stereocenters. The molecule has 0 saturated heterocycles. The Morgan fingerprint density at radius 3 is 2.08 bits per heavy atom. The molecule has 0 radical (unpaired) electrons. The van der Waals surface area contributed by atoms with Crippen LogP contribution < -0.4 is 5.32 Å². The van der Waals surface area contributed by atoms with Gasteiger partial charge in [0.05, 0.1) is 11.4 Å². The van der Waals surface area contributed by atoms with Gasteiger partial charge in [0, 0.05) is 22.0 Å². The third-order valence-electron chi connectivity index (χ3n) is 6.29. The molecule has 0 aliphatic heterocycles. The predicted octanol–water partition coefficient (Wildman–Crippen LogP) is 8.32. The first-order valence-electron chi connectivity index (χ1n) is 12.2. The number of aromatic nitrogens is 1. The molecule has 1 aromatic heterocycles. The van der Waals surface area contributed by atoms with Crippen LogP contribution in [-0.4, -0.2) is 10.5 Å². The lowest BCUT2D eigenvalue weighted by atomic mass is 10.0. The number of nitriles is 1. The first-order valence-corrected chi connectivity index (χ1v) is 12.5. The van der Waals surface area contributed by atoms with E-state index >= 15 is 0 Å². The third-order valence-corrected chi connectivity index (χ3v) is 6.54. The Labute approximate surface area is 227 Å². The Bertz CT molecular complexity index is 1660. The highest BCUT2D eigenvalue weighted by molar-refractivity contribution is 6.30. The van der Waals surface area contributed by atoms with Crippen LogP contribution in [0.5, 0.6) is 0 Å². The number of anilines is 1. The predicted molar refractivity (Wildman–Crippen MR) is 155 cm³/mol. The number of hydrogen-bond donors (Lipinski definition) is 1. The van der Waals surface area contributed by atoms with E-state index in [1.54, 1.807) is 6.08 Å². The Balaban J connectivity index is 1.73. The van der Waals surface area contributed by atoms with Gasteiger partial charge in [-0.25, -0.2) is 0 Å². The quantitative estimate of drug-likeness (QED) is 0.183. The van der Waals surface area contributed by atoms with Crippen molar-refractivity contribution in [3.63, 3.8) is 0 Å². The van der Waals surface area contributed by atoms with Crippen LogP contribution in [0.4, 0.5) is 5.69 Å². The van der Waals surface area contributed by atoms with Crippen molar-refractivity contribution in [1.29, 1.82) is 5.26 Å². The number of carbonyl (C=O) groups excluding carboxylic acids is 1. The van der Waals surface area contributed by atoms with Gasteiger partial charge in [0.15, 0.2) is 0 Å². The van der Waals surface area contributed by atoms with E-state index < -0.39 is 5.91 Å². The summed E-state index contributed by atoms with van der Waals surface area (Å²) in [6.45, 7) is 1.91. The molecule has 0 aliphatic carbocycles.